The fourth-order valence-electron chi connectivity index (χ4n) is 16.4. The van der Waals surface area contributed by atoms with Gasteiger partial charge in [0.15, 0.2) is 18.9 Å². The average molecular weight is 947 g/mol. The lowest BCUT2D eigenvalue weighted by atomic mass is 9.41. The van der Waals surface area contributed by atoms with Gasteiger partial charge in [-0.3, -0.25) is 0 Å². The number of aliphatic hydroxyl groups is 12. The Kier molecular flexibility index (Phi) is 12.9. The standard InChI is InChI=1S/C47H78O19/c1-41(2)26(64-38-33(57)28(52)21(51)18-60-38)9-11-47-19-46(47)13-12-43(5)36(45(7)10-8-27(65-45)42(3,4)66-40-35(59)32(56)30(54)24(17-49)63-40)20(50)15-44(43,6)25(46)14-22(37(41)47)61-39-34(58)31(55)29(53)23(16-48)62-39/h20-40,48-59H,8-19H2,1-7H3/t20-,21+,22-,23-,24-,25-,26-,27-,28-,29-,30-,31+,32+,33+,34-,35-,36-,37+,38+,39-,40+,43+,44-,45+,46-,47+/m0/s1. The van der Waals surface area contributed by atoms with Gasteiger partial charge < -0.3 is 94.4 Å². The first-order valence-corrected chi connectivity index (χ1v) is 24.4. The first-order valence-electron chi connectivity index (χ1n) is 24.4. The van der Waals surface area contributed by atoms with Crippen molar-refractivity contribution in [2.75, 3.05) is 19.8 Å². The summed E-state index contributed by atoms with van der Waals surface area (Å²) < 4.78 is 44.3. The SMILES string of the molecule is CC(C)(O[C@H]1O[C@@H](CO)[C@H](O)[C@@H](O)[C@@H]1O)[C@@H]1CC[C@](C)([C@H]2[C@@H](O)C[C@@]3(C)[C@@H]4C[C@H](O[C@H]5O[C@@H](CO)[C@H](O)[C@@H](O)[C@@H]5O)[C@@H]5C(C)(C)[C@@H](O[C@H]6OC[C@@H](O)[C@H](O)[C@H]6O)CC[C@@]56C[C@@]46CC[C@]23C)O1. The highest BCUT2D eigenvalue weighted by atomic mass is 16.7. The van der Waals surface area contributed by atoms with Crippen LogP contribution < -0.4 is 0 Å². The summed E-state index contributed by atoms with van der Waals surface area (Å²) in [5.74, 6) is -0.523. The summed E-state index contributed by atoms with van der Waals surface area (Å²) in [4.78, 5) is 0. The van der Waals surface area contributed by atoms with Gasteiger partial charge in [0.25, 0.3) is 0 Å². The third-order valence-corrected chi connectivity index (χ3v) is 19.9. The van der Waals surface area contributed by atoms with E-state index in [-0.39, 0.29) is 35.2 Å². The third kappa shape index (κ3) is 7.22. The van der Waals surface area contributed by atoms with Crippen molar-refractivity contribution in [3.05, 3.63) is 0 Å². The Morgan fingerprint density at radius 1 is 0.591 bits per heavy atom. The first kappa shape index (κ1) is 50.2. The monoisotopic (exact) mass is 947 g/mol. The van der Waals surface area contributed by atoms with Gasteiger partial charge in [0.2, 0.25) is 0 Å². The van der Waals surface area contributed by atoms with Crippen molar-refractivity contribution < 1.29 is 94.4 Å². The minimum atomic E-state index is -1.65. The first-order chi connectivity index (χ1) is 30.8. The zero-order valence-corrected chi connectivity index (χ0v) is 39.3. The van der Waals surface area contributed by atoms with Crippen molar-refractivity contribution in [3.63, 3.8) is 0 Å². The average Bonchev–Trinajstić information content (AvgIpc) is 3.63. The highest BCUT2D eigenvalue weighted by molar-refractivity contribution is 5.33. The number of ether oxygens (including phenoxy) is 7. The van der Waals surface area contributed by atoms with Crippen LogP contribution in [0.4, 0.5) is 0 Å². The fourth-order valence-corrected chi connectivity index (χ4v) is 16.4. The van der Waals surface area contributed by atoms with Gasteiger partial charge in [-0.05, 0) is 117 Å². The molecule has 12 N–H and O–H groups in total. The molecule has 0 aromatic rings. The van der Waals surface area contributed by atoms with Crippen molar-refractivity contribution >= 4 is 0 Å². The molecule has 4 saturated heterocycles. The lowest BCUT2D eigenvalue weighted by Gasteiger charge is -2.65. The van der Waals surface area contributed by atoms with Gasteiger partial charge in [-0.25, -0.2) is 0 Å². The van der Waals surface area contributed by atoms with Crippen LogP contribution >= 0.6 is 0 Å². The maximum Gasteiger partial charge on any atom is 0.187 e. The Morgan fingerprint density at radius 3 is 1.83 bits per heavy atom. The van der Waals surface area contributed by atoms with Gasteiger partial charge in [-0.1, -0.05) is 27.7 Å². The minimum absolute atomic E-state index is 0.00898. The molecule has 2 spiro atoms. The Labute approximate surface area is 386 Å². The molecule has 19 nitrogen and oxygen atoms in total. The van der Waals surface area contributed by atoms with Gasteiger partial charge in [0.1, 0.15) is 67.1 Å². The highest BCUT2D eigenvalue weighted by Gasteiger charge is 2.85. The molecule has 0 aromatic carbocycles. The summed E-state index contributed by atoms with van der Waals surface area (Å²) in [5, 5.41) is 129. The molecule has 9 aliphatic rings. The Bertz CT molecular complexity index is 1770. The Hall–Kier alpha value is -0.760. The minimum Gasteiger partial charge on any atom is -0.394 e. The van der Waals surface area contributed by atoms with Crippen molar-refractivity contribution in [2.24, 2.45) is 44.8 Å². The number of fused-ring (bicyclic) bond motifs is 2. The molecule has 0 bridgehead atoms. The maximum atomic E-state index is 12.5. The van der Waals surface area contributed by atoms with E-state index in [0.717, 1.165) is 25.7 Å². The summed E-state index contributed by atoms with van der Waals surface area (Å²) in [6, 6.07) is 0. The molecule has 5 saturated carbocycles. The number of hydrogen-bond acceptors (Lipinski definition) is 19. The Morgan fingerprint density at radius 2 is 1.20 bits per heavy atom. The van der Waals surface area contributed by atoms with E-state index < -0.39 is 151 Å². The third-order valence-electron chi connectivity index (χ3n) is 19.9. The molecule has 26 atom stereocenters. The number of hydrogen-bond donors (Lipinski definition) is 12. The van der Waals surface area contributed by atoms with Crippen LogP contribution in [0.3, 0.4) is 0 Å². The van der Waals surface area contributed by atoms with Crippen LogP contribution in [0, 0.1) is 44.8 Å². The van der Waals surface area contributed by atoms with Crippen LogP contribution in [0.2, 0.25) is 0 Å². The van der Waals surface area contributed by atoms with E-state index in [1.54, 1.807) is 0 Å². The van der Waals surface area contributed by atoms with E-state index >= 15 is 0 Å². The van der Waals surface area contributed by atoms with Crippen molar-refractivity contribution in [1.82, 2.24) is 0 Å². The largest absolute Gasteiger partial charge is 0.394 e. The van der Waals surface area contributed by atoms with Crippen LogP contribution in [0.5, 0.6) is 0 Å². The molecule has 4 heterocycles. The summed E-state index contributed by atoms with van der Waals surface area (Å²) in [5.41, 5.74) is -3.88. The van der Waals surface area contributed by atoms with E-state index in [9.17, 15) is 61.3 Å². The summed E-state index contributed by atoms with van der Waals surface area (Å²) in [7, 11) is 0. The predicted molar refractivity (Wildman–Crippen MR) is 226 cm³/mol. The molecule has 5 aliphatic carbocycles. The van der Waals surface area contributed by atoms with E-state index in [4.69, 9.17) is 33.2 Å². The van der Waals surface area contributed by atoms with Gasteiger partial charge >= 0.3 is 0 Å². The van der Waals surface area contributed by atoms with Crippen LogP contribution in [0.25, 0.3) is 0 Å². The molecule has 19 heteroatoms. The summed E-state index contributed by atoms with van der Waals surface area (Å²) in [6.45, 7) is 13.0. The Balaban J connectivity index is 1.01. The molecule has 66 heavy (non-hydrogen) atoms. The van der Waals surface area contributed by atoms with Crippen molar-refractivity contribution in [1.29, 1.82) is 0 Å². The van der Waals surface area contributed by atoms with E-state index in [1.807, 2.05) is 13.8 Å². The summed E-state index contributed by atoms with van der Waals surface area (Å²) >= 11 is 0. The van der Waals surface area contributed by atoms with Crippen molar-refractivity contribution in [3.8, 4) is 0 Å². The number of aliphatic hydroxyl groups excluding tert-OH is 12. The van der Waals surface area contributed by atoms with Crippen LogP contribution in [0.1, 0.15) is 106 Å². The van der Waals surface area contributed by atoms with E-state index in [0.29, 0.717) is 32.1 Å². The van der Waals surface area contributed by atoms with Crippen LogP contribution in [-0.4, -0.2) is 203 Å². The fraction of sp³-hybridized carbons (Fsp3) is 1.00. The molecule has 0 aromatic heterocycles. The van der Waals surface area contributed by atoms with Crippen LogP contribution in [0.15, 0.2) is 0 Å². The normalized spacial score (nSPS) is 58.0. The van der Waals surface area contributed by atoms with Crippen LogP contribution in [-0.2, 0) is 33.2 Å². The quantitative estimate of drug-likeness (QED) is 0.112. The molecule has 4 aliphatic heterocycles. The molecule has 0 unspecified atom stereocenters. The van der Waals surface area contributed by atoms with Gasteiger partial charge in [-0.2, -0.15) is 0 Å². The van der Waals surface area contributed by atoms with E-state index in [1.165, 1.54) is 0 Å². The van der Waals surface area contributed by atoms with Gasteiger partial charge in [0, 0.05) is 5.92 Å². The number of rotatable bonds is 10. The highest BCUT2D eigenvalue weighted by Crippen LogP contribution is 2.89. The zero-order chi connectivity index (χ0) is 48.1. The smallest absolute Gasteiger partial charge is 0.187 e. The molecule has 9 rings (SSSR count). The molecular formula is C47H78O19. The molecule has 380 valence electrons. The zero-order valence-electron chi connectivity index (χ0n) is 39.3. The molecule has 0 amide bonds. The summed E-state index contributed by atoms with van der Waals surface area (Å²) in [6.07, 6.45) is -16.3. The second kappa shape index (κ2) is 16.9. The lowest BCUT2D eigenvalue weighted by Crippen LogP contribution is -2.65. The molecule has 0 radical (unpaired) electrons. The topological polar surface area (TPSA) is 307 Å². The predicted octanol–water partition coefficient (Wildman–Crippen LogP) is -1.45. The van der Waals surface area contributed by atoms with E-state index in [2.05, 4.69) is 34.6 Å². The molecular weight excluding hydrogens is 868 g/mol. The lowest BCUT2D eigenvalue weighted by molar-refractivity contribution is -0.339. The second-order valence-corrected chi connectivity index (χ2v) is 23.8. The van der Waals surface area contributed by atoms with Gasteiger partial charge in [-0.15, -0.1) is 0 Å². The maximum absolute atomic E-state index is 12.5. The second-order valence-electron chi connectivity index (χ2n) is 23.8. The molecule has 9 fully saturated rings. The van der Waals surface area contributed by atoms with Gasteiger partial charge in [0.05, 0.1) is 55.4 Å². The van der Waals surface area contributed by atoms with Crippen molar-refractivity contribution in [2.45, 2.75) is 228 Å².